The van der Waals surface area contributed by atoms with E-state index in [1.807, 2.05) is 30.3 Å². The average Bonchev–Trinajstić information content (AvgIpc) is 3.44. The summed E-state index contributed by atoms with van der Waals surface area (Å²) in [6.45, 7) is 6.09. The molecule has 0 unspecified atom stereocenters. The van der Waals surface area contributed by atoms with Crippen molar-refractivity contribution in [2.75, 3.05) is 106 Å². The third-order valence-electron chi connectivity index (χ3n) is 7.55. The zero-order chi connectivity index (χ0) is 33.7. The van der Waals surface area contributed by atoms with Gasteiger partial charge in [-0.15, -0.1) is 0 Å². The van der Waals surface area contributed by atoms with Crippen molar-refractivity contribution in [3.8, 4) is 11.1 Å². The van der Waals surface area contributed by atoms with Crippen molar-refractivity contribution >= 4 is 12.1 Å². The summed E-state index contributed by atoms with van der Waals surface area (Å²) < 4.78 is 43.8. The molecule has 48 heavy (non-hydrogen) atoms. The van der Waals surface area contributed by atoms with Crippen LogP contribution in [0.25, 0.3) is 11.1 Å². The molecule has 3 aromatic rings. The average molecular weight is 666 g/mol. The van der Waals surface area contributed by atoms with Gasteiger partial charge in [0.05, 0.1) is 84.8 Å². The zero-order valence-electron chi connectivity index (χ0n) is 27.7. The van der Waals surface area contributed by atoms with Crippen LogP contribution in [-0.2, 0) is 37.9 Å². The Balaban J connectivity index is 0.875. The number of carbonyl (C=O) groups is 2. The van der Waals surface area contributed by atoms with Crippen LogP contribution in [0.15, 0.2) is 78.9 Å². The Bertz CT molecular complexity index is 1310. The lowest BCUT2D eigenvalue weighted by molar-refractivity contribution is -0.0198. The second-order valence-electron chi connectivity index (χ2n) is 10.9. The quantitative estimate of drug-likeness (QED) is 0.0976. The molecule has 260 valence electrons. The summed E-state index contributed by atoms with van der Waals surface area (Å²) in [4.78, 5) is 25.9. The van der Waals surface area contributed by atoms with Crippen LogP contribution < -0.4 is 0 Å². The topological polar surface area (TPSA) is 111 Å². The van der Waals surface area contributed by atoms with Gasteiger partial charge in [0.2, 0.25) is 0 Å². The van der Waals surface area contributed by atoms with Crippen LogP contribution in [0.1, 0.15) is 27.4 Å². The van der Waals surface area contributed by atoms with Crippen molar-refractivity contribution in [3.63, 3.8) is 0 Å². The van der Waals surface area contributed by atoms with Gasteiger partial charge in [0.25, 0.3) is 0 Å². The van der Waals surface area contributed by atoms with E-state index in [9.17, 15) is 9.59 Å². The van der Waals surface area contributed by atoms with Crippen LogP contribution in [0.2, 0.25) is 0 Å². The van der Waals surface area contributed by atoms with Crippen LogP contribution in [0.3, 0.4) is 0 Å². The first-order chi connectivity index (χ1) is 23.6. The van der Waals surface area contributed by atoms with Gasteiger partial charge in [0.1, 0.15) is 13.2 Å². The number of benzene rings is 3. The molecule has 0 atom stereocenters. The van der Waals surface area contributed by atoms with Crippen LogP contribution in [0.4, 0.5) is 4.79 Å². The Morgan fingerprint density at radius 2 is 0.938 bits per heavy atom. The number of nitrogens with zero attached hydrogens (tertiary/aromatic N) is 1. The number of hydrogen-bond acceptors (Lipinski definition) is 10. The predicted octanol–water partition coefficient (Wildman–Crippen LogP) is 4.82. The van der Waals surface area contributed by atoms with Gasteiger partial charge < -0.3 is 42.8 Å². The Kier molecular flexibility index (Phi) is 16.9. The highest BCUT2D eigenvalue weighted by Crippen LogP contribution is 2.44. The van der Waals surface area contributed by atoms with E-state index < -0.39 is 0 Å². The highest BCUT2D eigenvalue weighted by molar-refractivity contribution is 5.89. The van der Waals surface area contributed by atoms with Crippen molar-refractivity contribution < 1.29 is 47.5 Å². The molecule has 0 N–H and O–H groups in total. The normalized spacial score (nSPS) is 12.0. The molecule has 0 radical (unpaired) electrons. The minimum atomic E-state index is -0.368. The second-order valence-corrected chi connectivity index (χ2v) is 10.9. The van der Waals surface area contributed by atoms with Crippen molar-refractivity contribution in [2.24, 2.45) is 0 Å². The molecule has 1 amide bonds. The monoisotopic (exact) mass is 665 g/mol. The third kappa shape index (κ3) is 12.6. The van der Waals surface area contributed by atoms with E-state index in [2.05, 4.69) is 24.3 Å². The molecule has 0 aromatic heterocycles. The van der Waals surface area contributed by atoms with Crippen molar-refractivity contribution in [3.05, 3.63) is 95.6 Å². The van der Waals surface area contributed by atoms with Gasteiger partial charge >= 0.3 is 12.1 Å². The van der Waals surface area contributed by atoms with Crippen LogP contribution in [0.5, 0.6) is 0 Å². The fourth-order valence-electron chi connectivity index (χ4n) is 5.05. The van der Waals surface area contributed by atoms with E-state index in [4.69, 9.17) is 37.9 Å². The summed E-state index contributed by atoms with van der Waals surface area (Å²) >= 11 is 0. The summed E-state index contributed by atoms with van der Waals surface area (Å²) in [5.41, 5.74) is 5.31. The molecule has 0 fully saturated rings. The fraction of sp³-hybridized carbons (Fsp3) is 0.459. The van der Waals surface area contributed by atoms with Gasteiger partial charge in [-0.1, -0.05) is 66.7 Å². The third-order valence-corrected chi connectivity index (χ3v) is 7.55. The van der Waals surface area contributed by atoms with Crippen LogP contribution >= 0.6 is 0 Å². The van der Waals surface area contributed by atoms with Crippen LogP contribution in [-0.4, -0.2) is 123 Å². The molecule has 1 aliphatic carbocycles. The van der Waals surface area contributed by atoms with E-state index in [-0.39, 0.29) is 24.6 Å². The number of rotatable bonds is 24. The Morgan fingerprint density at radius 3 is 1.44 bits per heavy atom. The number of fused-ring (bicyclic) bond motifs is 3. The summed E-state index contributed by atoms with van der Waals surface area (Å²) in [7, 11) is 1.71. The molecule has 0 spiro atoms. The van der Waals surface area contributed by atoms with E-state index >= 15 is 0 Å². The summed E-state index contributed by atoms with van der Waals surface area (Å²) in [6.07, 6.45) is -0.368. The maximum absolute atomic E-state index is 12.6. The largest absolute Gasteiger partial charge is 0.460 e. The minimum absolute atomic E-state index is 0.0369. The van der Waals surface area contributed by atoms with Gasteiger partial charge in [0.15, 0.2) is 0 Å². The molecule has 0 aliphatic heterocycles. The molecule has 0 bridgehead atoms. The van der Waals surface area contributed by atoms with Gasteiger partial charge in [-0.25, -0.2) is 9.59 Å². The smallest absolute Gasteiger partial charge is 0.409 e. The number of hydrogen-bond donors (Lipinski definition) is 0. The molecule has 1 aliphatic rings. The van der Waals surface area contributed by atoms with Gasteiger partial charge in [-0.05, 0) is 34.4 Å². The van der Waals surface area contributed by atoms with E-state index in [0.717, 1.165) is 0 Å². The molecular weight excluding hydrogens is 618 g/mol. The fourth-order valence-corrected chi connectivity index (χ4v) is 5.05. The Labute approximate surface area is 282 Å². The molecule has 0 saturated carbocycles. The Hall–Kier alpha value is -3.84. The van der Waals surface area contributed by atoms with E-state index in [1.165, 1.54) is 27.2 Å². The molecule has 11 heteroatoms. The maximum atomic E-state index is 12.6. The van der Waals surface area contributed by atoms with Gasteiger partial charge in [0, 0.05) is 19.5 Å². The van der Waals surface area contributed by atoms with Gasteiger partial charge in [-0.3, -0.25) is 0 Å². The molecule has 4 rings (SSSR count). The lowest BCUT2D eigenvalue weighted by atomic mass is 9.98. The summed E-state index contributed by atoms with van der Waals surface area (Å²) in [5.74, 6) is -0.324. The minimum Gasteiger partial charge on any atom is -0.460 e. The highest BCUT2D eigenvalue weighted by atomic mass is 16.6. The summed E-state index contributed by atoms with van der Waals surface area (Å²) in [6, 6.07) is 25.4. The standard InChI is InChI=1S/C37H47NO10/c1-38(37(40)48-29-35-33-13-7-5-11-31(33)32-12-6-8-14-34(32)35)15-16-41-17-18-42-19-20-43-21-22-44-23-24-45-25-26-46-27-28-47-36(39)30-9-3-2-4-10-30/h2-14,35H,15-29H2,1H3. The molecular formula is C37H47NO10. The van der Waals surface area contributed by atoms with Crippen molar-refractivity contribution in [1.29, 1.82) is 0 Å². The molecule has 11 nitrogen and oxygen atoms in total. The second kappa shape index (κ2) is 21.9. The number of esters is 1. The number of amides is 1. The van der Waals surface area contributed by atoms with E-state index in [0.29, 0.717) is 98.0 Å². The first-order valence-electron chi connectivity index (χ1n) is 16.4. The lowest BCUT2D eigenvalue weighted by Crippen LogP contribution is -2.32. The molecule has 0 heterocycles. The summed E-state index contributed by atoms with van der Waals surface area (Å²) in [5, 5.41) is 0. The van der Waals surface area contributed by atoms with Crippen LogP contribution in [0, 0.1) is 0 Å². The van der Waals surface area contributed by atoms with Crippen molar-refractivity contribution in [1.82, 2.24) is 4.90 Å². The number of likely N-dealkylation sites (N-methyl/N-ethyl adjacent to an activating group) is 1. The predicted molar refractivity (Wildman–Crippen MR) is 179 cm³/mol. The van der Waals surface area contributed by atoms with E-state index in [1.54, 1.807) is 31.3 Å². The first-order valence-corrected chi connectivity index (χ1v) is 16.4. The van der Waals surface area contributed by atoms with Gasteiger partial charge in [-0.2, -0.15) is 0 Å². The number of carbonyl (C=O) groups excluding carboxylic acids is 2. The van der Waals surface area contributed by atoms with Crippen molar-refractivity contribution in [2.45, 2.75) is 5.92 Å². The maximum Gasteiger partial charge on any atom is 0.409 e. The SMILES string of the molecule is CN(CCOCCOCCOCCOCCOCCOCCOC(=O)c1ccccc1)C(=O)OCC1c2ccccc2-c2ccccc21. The zero-order valence-corrected chi connectivity index (χ0v) is 27.7. The highest BCUT2D eigenvalue weighted by Gasteiger charge is 2.29. The first kappa shape index (κ1) is 37.0. The lowest BCUT2D eigenvalue weighted by Gasteiger charge is -2.19. The molecule has 0 saturated heterocycles. The molecule has 3 aromatic carbocycles. The number of ether oxygens (including phenoxy) is 8. The Morgan fingerprint density at radius 1 is 0.521 bits per heavy atom.